The molecule has 1 aromatic rings. The molecule has 0 saturated carbocycles. The van der Waals surface area contributed by atoms with Crippen molar-refractivity contribution in [2.45, 2.75) is 0 Å². The van der Waals surface area contributed by atoms with Crippen LogP contribution in [-0.2, 0) is 28.0 Å². The average molecular weight is 209 g/mol. The smallest absolute Gasteiger partial charge is 2.00 e. The van der Waals surface area contributed by atoms with E-state index in [0.717, 1.165) is 0 Å². The van der Waals surface area contributed by atoms with Gasteiger partial charge in [-0.25, -0.2) is 0 Å². The van der Waals surface area contributed by atoms with Crippen LogP contribution in [0.25, 0.3) is 0 Å². The average Bonchev–Trinajstić information content (AvgIpc) is 1.90. The zero-order valence-corrected chi connectivity index (χ0v) is 7.12. The van der Waals surface area contributed by atoms with Gasteiger partial charge in [0, 0.05) is 18.0 Å². The second-order valence-electron chi connectivity index (χ2n) is 1.60. The minimum absolute atomic E-state index is 0. The molecule has 0 saturated heterocycles. The first-order valence-electron chi connectivity index (χ1n) is 2.50. The van der Waals surface area contributed by atoms with Crippen molar-refractivity contribution in [2.24, 2.45) is 5.73 Å². The predicted octanol–water partition coefficient (Wildman–Crippen LogP) is -0.0596. The third-order valence-corrected chi connectivity index (χ3v) is 0.965. The summed E-state index contributed by atoms with van der Waals surface area (Å²) in [5.41, 5.74) is 5.44. The Balaban J connectivity index is -0.000000270. The molecule has 0 aliphatic rings. The first kappa shape index (κ1) is 17.2. The van der Waals surface area contributed by atoms with E-state index in [2.05, 4.69) is 4.98 Å². The number of amides is 1. The van der Waals surface area contributed by atoms with Crippen LogP contribution in [0.4, 0.5) is 0 Å². The Morgan fingerprint density at radius 1 is 1.25 bits per heavy atom. The molecule has 1 rings (SSSR count). The number of hydrogen-bond donors (Lipinski definition) is 1. The summed E-state index contributed by atoms with van der Waals surface area (Å²) in [6, 6.07) is 3.14. The van der Waals surface area contributed by atoms with E-state index in [4.69, 9.17) is 5.73 Å². The molecular weight excluding hydrogens is 203 g/mol. The van der Waals surface area contributed by atoms with Crippen molar-refractivity contribution < 1.29 is 32.8 Å². The molecule has 0 aliphatic carbocycles. The van der Waals surface area contributed by atoms with Crippen LogP contribution < -0.4 is 5.73 Å². The molecule has 0 aromatic carbocycles. The van der Waals surface area contributed by atoms with Gasteiger partial charge >= 0.3 is 17.1 Å². The van der Waals surface area contributed by atoms with Gasteiger partial charge in [-0.1, -0.05) is 0 Å². The quantitative estimate of drug-likeness (QED) is 0.653. The van der Waals surface area contributed by atoms with Gasteiger partial charge in [-0.2, -0.15) is 0 Å². The maximum Gasteiger partial charge on any atom is 4.00 e. The summed E-state index contributed by atoms with van der Waals surface area (Å²) in [5, 5.41) is 0. The number of rotatable bonds is 1. The molecule has 0 fully saturated rings. The summed E-state index contributed by atoms with van der Waals surface area (Å²) in [5.74, 6) is -0.419. The molecule has 0 bridgehead atoms. The molecule has 1 heterocycles. The van der Waals surface area contributed by atoms with Crippen LogP contribution in [0.1, 0.15) is 10.4 Å². The van der Waals surface area contributed by atoms with Crippen molar-refractivity contribution in [3.05, 3.63) is 30.1 Å². The summed E-state index contributed by atoms with van der Waals surface area (Å²) in [6.07, 6.45) is 3.06. The Morgan fingerprint density at radius 2 is 1.67 bits per heavy atom. The van der Waals surface area contributed by atoms with Crippen molar-refractivity contribution in [1.29, 1.82) is 0 Å². The molecule has 2 N–H and O–H groups in total. The predicted molar refractivity (Wildman–Crippen MR) is 34.1 cm³/mol. The molecule has 6 heteroatoms. The van der Waals surface area contributed by atoms with Crippen LogP contribution in [0.2, 0.25) is 0 Å². The number of pyridine rings is 1. The molecule has 0 aliphatic heterocycles. The maximum absolute atomic E-state index is 10.4. The SMILES string of the molecule is NC(=O)c1ccncc1.[Mn+4].[O-2].[O-2]. The summed E-state index contributed by atoms with van der Waals surface area (Å²) in [6.45, 7) is 0. The fraction of sp³-hybridized carbons (Fsp3) is 0. The van der Waals surface area contributed by atoms with Crippen molar-refractivity contribution in [3.8, 4) is 0 Å². The maximum atomic E-state index is 10.4. The minimum atomic E-state index is -0.419. The normalized spacial score (nSPS) is 6.67. The zero-order chi connectivity index (χ0) is 6.69. The molecule has 12 heavy (non-hydrogen) atoms. The molecule has 5 nitrogen and oxygen atoms in total. The minimum Gasteiger partial charge on any atom is -2.00 e. The molecule has 65 valence electrons. The Kier molecular flexibility index (Phi) is 11.7. The molecule has 0 spiro atoms. The molecular formula is C6H6MnN2O3. The topological polar surface area (TPSA) is 113 Å². The molecule has 1 amide bonds. The fourth-order valence-electron chi connectivity index (χ4n) is 0.516. The number of nitrogens with zero attached hydrogens (tertiary/aromatic N) is 1. The molecule has 0 atom stereocenters. The largest absolute Gasteiger partial charge is 4.00 e. The van der Waals surface area contributed by atoms with Crippen molar-refractivity contribution in [3.63, 3.8) is 0 Å². The number of nitrogens with two attached hydrogens (primary N) is 1. The van der Waals surface area contributed by atoms with Gasteiger partial charge in [0.2, 0.25) is 5.91 Å². The number of aromatic nitrogens is 1. The van der Waals surface area contributed by atoms with Crippen molar-refractivity contribution in [1.82, 2.24) is 4.98 Å². The number of carbonyl (C=O) groups excluding carboxylic acids is 1. The summed E-state index contributed by atoms with van der Waals surface area (Å²) in [4.78, 5) is 14.1. The monoisotopic (exact) mass is 209 g/mol. The van der Waals surface area contributed by atoms with E-state index in [-0.39, 0.29) is 28.0 Å². The van der Waals surface area contributed by atoms with Crippen molar-refractivity contribution in [2.75, 3.05) is 0 Å². The first-order valence-corrected chi connectivity index (χ1v) is 2.50. The first-order chi connectivity index (χ1) is 4.30. The van der Waals surface area contributed by atoms with Crippen LogP contribution in [0.3, 0.4) is 0 Å². The van der Waals surface area contributed by atoms with E-state index in [1.807, 2.05) is 0 Å². The van der Waals surface area contributed by atoms with Gasteiger partial charge in [0.25, 0.3) is 0 Å². The summed E-state index contributed by atoms with van der Waals surface area (Å²) < 4.78 is 0. The second kappa shape index (κ2) is 8.16. The molecule has 1 radical (unpaired) electrons. The summed E-state index contributed by atoms with van der Waals surface area (Å²) in [7, 11) is 0. The van der Waals surface area contributed by atoms with E-state index in [0.29, 0.717) is 5.56 Å². The van der Waals surface area contributed by atoms with Crippen LogP contribution in [0.15, 0.2) is 24.5 Å². The Morgan fingerprint density at radius 3 is 1.92 bits per heavy atom. The Hall–Kier alpha value is -0.941. The molecule has 0 unspecified atom stereocenters. The van der Waals surface area contributed by atoms with Gasteiger partial charge < -0.3 is 16.7 Å². The Bertz CT molecular complexity index is 217. The van der Waals surface area contributed by atoms with E-state index < -0.39 is 5.91 Å². The number of primary amides is 1. The van der Waals surface area contributed by atoms with Crippen molar-refractivity contribution >= 4 is 5.91 Å². The molecule has 1 aromatic heterocycles. The van der Waals surface area contributed by atoms with Gasteiger partial charge in [-0.05, 0) is 12.1 Å². The van der Waals surface area contributed by atoms with E-state index >= 15 is 0 Å². The van der Waals surface area contributed by atoms with Gasteiger partial charge in [0.15, 0.2) is 0 Å². The van der Waals surface area contributed by atoms with Crippen LogP contribution >= 0.6 is 0 Å². The third kappa shape index (κ3) is 4.81. The third-order valence-electron chi connectivity index (χ3n) is 0.965. The second-order valence-corrected chi connectivity index (χ2v) is 1.60. The van der Waals surface area contributed by atoms with Crippen LogP contribution in [-0.4, -0.2) is 10.9 Å². The van der Waals surface area contributed by atoms with E-state index in [1.54, 1.807) is 12.1 Å². The zero-order valence-electron chi connectivity index (χ0n) is 5.94. The van der Waals surface area contributed by atoms with E-state index in [1.165, 1.54) is 12.4 Å². The van der Waals surface area contributed by atoms with Crippen LogP contribution in [0.5, 0.6) is 0 Å². The summed E-state index contributed by atoms with van der Waals surface area (Å²) >= 11 is 0. The number of hydrogen-bond acceptors (Lipinski definition) is 2. The van der Waals surface area contributed by atoms with E-state index in [9.17, 15) is 4.79 Å². The standard InChI is InChI=1S/C6H6N2O.Mn.2O/c7-6(9)5-1-3-8-4-2-5;;;/h1-4H,(H2,7,9);;;/q;+4;2*-2. The fourth-order valence-corrected chi connectivity index (χ4v) is 0.516. The van der Waals surface area contributed by atoms with Crippen LogP contribution in [0, 0.1) is 0 Å². The van der Waals surface area contributed by atoms with Gasteiger partial charge in [0.1, 0.15) is 0 Å². The Labute approximate surface area is 80.1 Å². The van der Waals surface area contributed by atoms with Gasteiger partial charge in [0.05, 0.1) is 0 Å². The number of carbonyl (C=O) groups is 1. The van der Waals surface area contributed by atoms with Gasteiger partial charge in [-0.15, -0.1) is 0 Å². The van der Waals surface area contributed by atoms with Gasteiger partial charge in [-0.3, -0.25) is 9.78 Å².